The van der Waals surface area contributed by atoms with Gasteiger partial charge in [0.2, 0.25) is 11.8 Å². The molecule has 1 spiro atoms. The number of carbonyl (C=O) groups is 2. The summed E-state index contributed by atoms with van der Waals surface area (Å²) < 4.78 is 5.12. The molecule has 1 atom stereocenters. The first-order valence-electron chi connectivity index (χ1n) is 10.9. The Bertz CT molecular complexity index is 734. The number of H-pyrrole nitrogens is 1. The van der Waals surface area contributed by atoms with Gasteiger partial charge in [0.1, 0.15) is 6.61 Å². The van der Waals surface area contributed by atoms with Crippen LogP contribution in [0.4, 0.5) is 0 Å². The molecule has 3 N–H and O–H groups in total. The Hall–Kier alpha value is -1.93. The molecular formula is C21H33N5O3. The number of ether oxygens (including phenoxy) is 1. The number of hydrogen-bond acceptors (Lipinski definition) is 5. The highest BCUT2D eigenvalue weighted by Gasteiger charge is 2.49. The summed E-state index contributed by atoms with van der Waals surface area (Å²) in [6, 6.07) is -0.400. The third-order valence-corrected chi connectivity index (χ3v) is 7.18. The number of nitrogens with zero attached hydrogens (tertiary/aromatic N) is 3. The summed E-state index contributed by atoms with van der Waals surface area (Å²) in [6.45, 7) is 1.91. The van der Waals surface area contributed by atoms with Crippen LogP contribution in [-0.4, -0.2) is 71.0 Å². The number of amides is 2. The van der Waals surface area contributed by atoms with Gasteiger partial charge < -0.3 is 25.3 Å². The summed E-state index contributed by atoms with van der Waals surface area (Å²) in [5.74, 6) is 0.360. The van der Waals surface area contributed by atoms with E-state index in [2.05, 4.69) is 9.97 Å². The zero-order valence-corrected chi connectivity index (χ0v) is 17.4. The highest BCUT2D eigenvalue weighted by Crippen LogP contribution is 2.42. The van der Waals surface area contributed by atoms with Crippen molar-refractivity contribution in [1.82, 2.24) is 19.8 Å². The Kier molecular flexibility index (Phi) is 5.92. The standard InChI is InChI=1S/C21H33N5O3/c1-29-13-17(27)26-10-7-16-19(24-14-23-16)21(26)8-11-25(12-9-21)20(28)18(22)15-5-3-2-4-6-15/h14-15,18H,2-13,22H2,1H3,(H,23,24)/t18-/m0/s1. The van der Waals surface area contributed by atoms with Crippen LogP contribution < -0.4 is 5.73 Å². The Morgan fingerprint density at radius 3 is 2.69 bits per heavy atom. The van der Waals surface area contributed by atoms with Crippen LogP contribution in [0.1, 0.15) is 56.3 Å². The van der Waals surface area contributed by atoms with Gasteiger partial charge in [0, 0.05) is 38.9 Å². The average molecular weight is 404 g/mol. The van der Waals surface area contributed by atoms with E-state index in [-0.39, 0.29) is 18.4 Å². The van der Waals surface area contributed by atoms with Crippen LogP contribution in [0.15, 0.2) is 6.33 Å². The van der Waals surface area contributed by atoms with Crippen LogP contribution in [0, 0.1) is 5.92 Å². The number of carbonyl (C=O) groups excluding carboxylic acids is 2. The summed E-state index contributed by atoms with van der Waals surface area (Å²) in [5, 5.41) is 0. The number of aromatic nitrogens is 2. The van der Waals surface area contributed by atoms with Gasteiger partial charge in [-0.05, 0) is 31.6 Å². The molecule has 8 heteroatoms. The van der Waals surface area contributed by atoms with Crippen LogP contribution in [0.2, 0.25) is 0 Å². The summed E-state index contributed by atoms with van der Waals surface area (Å²) in [6.07, 6.45) is 9.56. The van der Waals surface area contributed by atoms with E-state index < -0.39 is 11.6 Å². The molecule has 8 nitrogen and oxygen atoms in total. The van der Waals surface area contributed by atoms with Gasteiger partial charge in [0.05, 0.1) is 23.6 Å². The van der Waals surface area contributed by atoms with Crippen molar-refractivity contribution in [2.45, 2.75) is 62.9 Å². The topological polar surface area (TPSA) is 105 Å². The fraction of sp³-hybridized carbons (Fsp3) is 0.762. The predicted molar refractivity (Wildman–Crippen MR) is 108 cm³/mol. The maximum Gasteiger partial charge on any atom is 0.249 e. The summed E-state index contributed by atoms with van der Waals surface area (Å²) in [5.41, 5.74) is 7.97. The quantitative estimate of drug-likeness (QED) is 0.785. The molecule has 1 aliphatic carbocycles. The van der Waals surface area contributed by atoms with Crippen molar-refractivity contribution in [3.8, 4) is 0 Å². The number of nitrogens with one attached hydrogen (secondary N) is 1. The maximum absolute atomic E-state index is 13.1. The number of rotatable bonds is 4. The second kappa shape index (κ2) is 8.44. The minimum Gasteiger partial charge on any atom is -0.375 e. The lowest BCUT2D eigenvalue weighted by Crippen LogP contribution is -2.61. The molecule has 1 aromatic heterocycles. The maximum atomic E-state index is 13.1. The minimum absolute atomic E-state index is 0.0140. The van der Waals surface area contributed by atoms with E-state index in [1.54, 1.807) is 13.4 Å². The molecule has 1 saturated heterocycles. The summed E-state index contributed by atoms with van der Waals surface area (Å²) >= 11 is 0. The SMILES string of the molecule is COCC(=O)N1CCc2[nH]cnc2C12CCN(C(=O)[C@@H](N)C1CCCCC1)CC2. The molecule has 0 bridgehead atoms. The number of nitrogens with two attached hydrogens (primary N) is 1. The van der Waals surface area contributed by atoms with Crippen molar-refractivity contribution in [1.29, 1.82) is 0 Å². The lowest BCUT2D eigenvalue weighted by atomic mass is 9.78. The molecule has 0 aromatic carbocycles. The molecule has 1 saturated carbocycles. The molecular weight excluding hydrogens is 370 g/mol. The minimum atomic E-state index is -0.463. The number of fused-ring (bicyclic) bond motifs is 2. The molecule has 2 fully saturated rings. The Morgan fingerprint density at radius 1 is 1.28 bits per heavy atom. The van der Waals surface area contributed by atoms with Crippen LogP contribution in [0.5, 0.6) is 0 Å². The van der Waals surface area contributed by atoms with Gasteiger partial charge in [-0.15, -0.1) is 0 Å². The average Bonchev–Trinajstić information content (AvgIpc) is 3.24. The first-order chi connectivity index (χ1) is 14.1. The number of methoxy groups -OCH3 is 1. The van der Waals surface area contributed by atoms with E-state index in [1.807, 2.05) is 9.80 Å². The second-order valence-corrected chi connectivity index (χ2v) is 8.74. The fourth-order valence-electron chi connectivity index (χ4n) is 5.55. The summed E-state index contributed by atoms with van der Waals surface area (Å²) in [4.78, 5) is 37.5. The van der Waals surface area contributed by atoms with Gasteiger partial charge in [-0.1, -0.05) is 19.3 Å². The Balaban J connectivity index is 1.49. The van der Waals surface area contributed by atoms with Gasteiger partial charge in [-0.25, -0.2) is 4.98 Å². The summed E-state index contributed by atoms with van der Waals surface area (Å²) in [7, 11) is 1.54. The molecule has 2 amide bonds. The van der Waals surface area contributed by atoms with Crippen LogP contribution in [0.3, 0.4) is 0 Å². The number of piperidine rings is 1. The van der Waals surface area contributed by atoms with E-state index in [0.29, 0.717) is 38.4 Å². The number of aromatic amines is 1. The van der Waals surface area contributed by atoms with Crippen molar-refractivity contribution in [2.75, 3.05) is 33.4 Å². The van der Waals surface area contributed by atoms with Crippen molar-refractivity contribution in [2.24, 2.45) is 11.7 Å². The highest BCUT2D eigenvalue weighted by atomic mass is 16.5. The van der Waals surface area contributed by atoms with Gasteiger partial charge in [0.15, 0.2) is 0 Å². The zero-order chi connectivity index (χ0) is 20.4. The van der Waals surface area contributed by atoms with Gasteiger partial charge >= 0.3 is 0 Å². The molecule has 0 radical (unpaired) electrons. The van der Waals surface area contributed by atoms with Crippen molar-refractivity contribution < 1.29 is 14.3 Å². The molecule has 160 valence electrons. The van der Waals surface area contributed by atoms with E-state index in [0.717, 1.165) is 30.7 Å². The van der Waals surface area contributed by atoms with Gasteiger partial charge in [0.25, 0.3) is 0 Å². The number of likely N-dealkylation sites (tertiary alicyclic amines) is 1. The van der Waals surface area contributed by atoms with E-state index in [9.17, 15) is 9.59 Å². The molecule has 29 heavy (non-hydrogen) atoms. The molecule has 3 aliphatic rings. The predicted octanol–water partition coefficient (Wildman–Crippen LogP) is 1.17. The molecule has 0 unspecified atom stereocenters. The van der Waals surface area contributed by atoms with Crippen molar-refractivity contribution in [3.63, 3.8) is 0 Å². The largest absolute Gasteiger partial charge is 0.375 e. The van der Waals surface area contributed by atoms with Crippen molar-refractivity contribution >= 4 is 11.8 Å². The third kappa shape index (κ3) is 3.68. The number of hydrogen-bond donors (Lipinski definition) is 2. The lowest BCUT2D eigenvalue weighted by Gasteiger charge is -2.50. The Labute approximate surface area is 172 Å². The van der Waals surface area contributed by atoms with Crippen LogP contribution >= 0.6 is 0 Å². The second-order valence-electron chi connectivity index (χ2n) is 8.74. The zero-order valence-electron chi connectivity index (χ0n) is 17.4. The fourth-order valence-corrected chi connectivity index (χ4v) is 5.55. The normalized spacial score (nSPS) is 23.1. The monoisotopic (exact) mass is 403 g/mol. The Morgan fingerprint density at radius 2 is 2.00 bits per heavy atom. The smallest absolute Gasteiger partial charge is 0.249 e. The van der Waals surface area contributed by atoms with Crippen LogP contribution in [0.25, 0.3) is 0 Å². The van der Waals surface area contributed by atoms with E-state index >= 15 is 0 Å². The number of imidazole rings is 1. The molecule has 4 rings (SSSR count). The first kappa shape index (κ1) is 20.3. The molecule has 2 aliphatic heterocycles. The van der Waals surface area contributed by atoms with E-state index in [4.69, 9.17) is 10.5 Å². The first-order valence-corrected chi connectivity index (χ1v) is 10.9. The van der Waals surface area contributed by atoms with Gasteiger partial charge in [-0.3, -0.25) is 9.59 Å². The molecule has 1 aromatic rings. The van der Waals surface area contributed by atoms with Crippen molar-refractivity contribution in [3.05, 3.63) is 17.7 Å². The highest BCUT2D eigenvalue weighted by molar-refractivity contribution is 5.82. The van der Waals surface area contributed by atoms with E-state index in [1.165, 1.54) is 19.3 Å². The lowest BCUT2D eigenvalue weighted by molar-refractivity contribution is -0.148. The van der Waals surface area contributed by atoms with Crippen LogP contribution in [-0.2, 0) is 26.3 Å². The molecule has 3 heterocycles. The van der Waals surface area contributed by atoms with Gasteiger partial charge in [-0.2, -0.15) is 0 Å². The third-order valence-electron chi connectivity index (χ3n) is 7.18.